The van der Waals surface area contributed by atoms with Gasteiger partial charge in [-0.15, -0.1) is 0 Å². The molecule has 0 bridgehead atoms. The van der Waals surface area contributed by atoms with Crippen LogP contribution in [-0.4, -0.2) is 55.0 Å². The Morgan fingerprint density at radius 1 is 1.29 bits per heavy atom. The summed E-state index contributed by atoms with van der Waals surface area (Å²) in [5.41, 5.74) is 1.57. The third-order valence-corrected chi connectivity index (χ3v) is 8.38. The average molecular weight is 524 g/mol. The van der Waals surface area contributed by atoms with Crippen molar-refractivity contribution in [1.29, 1.82) is 0 Å². The summed E-state index contributed by atoms with van der Waals surface area (Å²) in [5, 5.41) is 31.0. The van der Waals surface area contributed by atoms with Gasteiger partial charge >= 0.3 is 5.97 Å². The zero-order chi connectivity index (χ0) is 27.3. The molecule has 0 spiro atoms. The van der Waals surface area contributed by atoms with Gasteiger partial charge < -0.3 is 29.5 Å². The number of nitrogens with zero attached hydrogens (tertiary/aromatic N) is 3. The van der Waals surface area contributed by atoms with Crippen molar-refractivity contribution in [2.24, 2.45) is 0 Å². The molecule has 1 aliphatic carbocycles. The van der Waals surface area contributed by atoms with Gasteiger partial charge in [0.15, 0.2) is 5.60 Å². The van der Waals surface area contributed by atoms with Gasteiger partial charge in [-0.05, 0) is 48.9 Å². The van der Waals surface area contributed by atoms with Crippen LogP contribution < -0.4 is 5.56 Å². The number of aryl methyl sites for hydroxylation is 1. The third-order valence-electron chi connectivity index (χ3n) is 8.38. The van der Waals surface area contributed by atoms with Crippen LogP contribution >= 0.6 is 0 Å². The number of cyclic esters (lactones) is 1. The van der Waals surface area contributed by atoms with Crippen molar-refractivity contribution in [3.05, 3.63) is 61.7 Å². The zero-order valence-electron chi connectivity index (χ0n) is 21.0. The van der Waals surface area contributed by atoms with Crippen LogP contribution in [0.1, 0.15) is 59.2 Å². The molecule has 10 nitrogen and oxygen atoms in total. The summed E-state index contributed by atoms with van der Waals surface area (Å²) in [7, 11) is 1.48. The fourth-order valence-corrected chi connectivity index (χ4v) is 6.25. The maximum atomic E-state index is 15.0. The van der Waals surface area contributed by atoms with Gasteiger partial charge in [0.25, 0.3) is 11.5 Å². The van der Waals surface area contributed by atoms with Gasteiger partial charge in [-0.1, -0.05) is 6.92 Å². The number of likely N-dealkylation sites (N-methyl/N-ethyl adjacent to an activating group) is 1. The minimum absolute atomic E-state index is 0.00268. The number of pyridine rings is 2. The van der Waals surface area contributed by atoms with Crippen LogP contribution in [0.2, 0.25) is 0 Å². The molecule has 2 atom stereocenters. The smallest absolute Gasteiger partial charge is 0.343 e. The standard InChI is InChI=1S/C27H26FN3O7/c1-4-27(37)15-7-19-22-13(9-31(19)23(32)14(15)10-38-26(27)36)21-18(30(3)24(33)25(34)35)6-5-12-11(2)16(28)8-17(29-22)20(12)21/h7-8,18,25,34-35,37H,4-6,9-10H2,1-3H3/t18-,27-/m0/s1. The third kappa shape index (κ3) is 3.09. The summed E-state index contributed by atoms with van der Waals surface area (Å²) < 4.78 is 21.6. The monoisotopic (exact) mass is 523 g/mol. The number of amides is 1. The van der Waals surface area contributed by atoms with Gasteiger partial charge in [-0.3, -0.25) is 9.59 Å². The number of fused-ring (bicyclic) bond motifs is 5. The lowest BCUT2D eigenvalue weighted by atomic mass is 9.81. The summed E-state index contributed by atoms with van der Waals surface area (Å²) in [6.45, 7) is 3.13. The van der Waals surface area contributed by atoms with Crippen molar-refractivity contribution in [1.82, 2.24) is 14.5 Å². The quantitative estimate of drug-likeness (QED) is 0.269. The van der Waals surface area contributed by atoms with Gasteiger partial charge in [0, 0.05) is 29.6 Å². The molecule has 0 unspecified atom stereocenters. The van der Waals surface area contributed by atoms with Gasteiger partial charge in [0.05, 0.1) is 35.1 Å². The Hall–Kier alpha value is -3.67. The molecule has 0 radical (unpaired) electrons. The molecule has 1 amide bonds. The lowest BCUT2D eigenvalue weighted by Crippen LogP contribution is -2.44. The molecule has 4 heterocycles. The van der Waals surface area contributed by atoms with E-state index in [1.54, 1.807) is 19.9 Å². The van der Waals surface area contributed by atoms with E-state index in [0.717, 1.165) is 5.56 Å². The van der Waals surface area contributed by atoms with Crippen LogP contribution in [0.25, 0.3) is 22.3 Å². The molecule has 198 valence electrons. The van der Waals surface area contributed by atoms with E-state index >= 15 is 0 Å². The fourth-order valence-electron chi connectivity index (χ4n) is 6.25. The van der Waals surface area contributed by atoms with Crippen molar-refractivity contribution in [2.45, 2.75) is 64.2 Å². The van der Waals surface area contributed by atoms with E-state index in [2.05, 4.69) is 0 Å². The van der Waals surface area contributed by atoms with E-state index in [9.17, 15) is 34.1 Å². The topological polar surface area (TPSA) is 142 Å². The molecular formula is C27H26FN3O7. The van der Waals surface area contributed by atoms with Crippen LogP contribution in [0.3, 0.4) is 0 Å². The second-order valence-electron chi connectivity index (χ2n) is 10.2. The molecule has 1 aromatic carbocycles. The van der Waals surface area contributed by atoms with Crippen LogP contribution in [0, 0.1) is 12.7 Å². The highest BCUT2D eigenvalue weighted by atomic mass is 19.1. The van der Waals surface area contributed by atoms with E-state index in [4.69, 9.17) is 9.72 Å². The Morgan fingerprint density at radius 2 is 2.03 bits per heavy atom. The minimum atomic E-state index is -2.20. The lowest BCUT2D eigenvalue weighted by molar-refractivity contribution is -0.172. The van der Waals surface area contributed by atoms with E-state index in [0.29, 0.717) is 51.8 Å². The number of halogens is 1. The Labute approximate surface area is 215 Å². The number of ether oxygens (including phenoxy) is 1. The Morgan fingerprint density at radius 3 is 2.71 bits per heavy atom. The van der Waals surface area contributed by atoms with Crippen LogP contribution in [0.4, 0.5) is 4.39 Å². The number of hydrogen-bond acceptors (Lipinski definition) is 8. The molecular weight excluding hydrogens is 497 g/mol. The predicted molar refractivity (Wildman–Crippen MR) is 131 cm³/mol. The molecule has 2 aliphatic heterocycles. The van der Waals surface area contributed by atoms with Crippen molar-refractivity contribution in [3.63, 3.8) is 0 Å². The Bertz CT molecular complexity index is 1650. The molecule has 3 aromatic rings. The Kier molecular flexibility index (Phi) is 5.30. The van der Waals surface area contributed by atoms with E-state index in [-0.39, 0.29) is 30.7 Å². The number of hydrogen-bond donors (Lipinski definition) is 3. The zero-order valence-corrected chi connectivity index (χ0v) is 21.0. The predicted octanol–water partition coefficient (Wildman–Crippen LogP) is 1.28. The van der Waals surface area contributed by atoms with Crippen LogP contribution in [0.15, 0.2) is 16.9 Å². The van der Waals surface area contributed by atoms with Crippen molar-refractivity contribution < 1.29 is 34.0 Å². The lowest BCUT2D eigenvalue weighted by Gasteiger charge is -2.35. The SMILES string of the molecule is CC[C@@]1(O)C(=O)OCc2c1cc1n(c2=O)Cc2c-1nc1cc(F)c(C)c3c1c2[C@@H](N(C)C(=O)C(O)O)CC3. The van der Waals surface area contributed by atoms with Crippen LogP contribution in [-0.2, 0) is 39.5 Å². The average Bonchev–Trinajstić information content (AvgIpc) is 3.27. The maximum Gasteiger partial charge on any atom is 0.343 e. The first-order valence-electron chi connectivity index (χ1n) is 12.4. The number of aliphatic hydroxyl groups excluding tert-OH is 1. The molecule has 3 aliphatic rings. The molecule has 11 heteroatoms. The number of aliphatic hydroxyl groups is 3. The molecule has 0 saturated heterocycles. The molecule has 0 fully saturated rings. The van der Waals surface area contributed by atoms with Crippen molar-refractivity contribution in [2.75, 3.05) is 7.05 Å². The van der Waals surface area contributed by atoms with Gasteiger partial charge in [0.2, 0.25) is 6.29 Å². The first kappa shape index (κ1) is 24.7. The molecule has 6 rings (SSSR count). The van der Waals surface area contributed by atoms with E-state index < -0.39 is 41.2 Å². The number of aromatic nitrogens is 2. The number of carbonyl (C=O) groups is 2. The van der Waals surface area contributed by atoms with E-state index in [1.165, 1.54) is 22.6 Å². The van der Waals surface area contributed by atoms with Gasteiger partial charge in [-0.2, -0.15) is 0 Å². The molecule has 3 N–H and O–H groups in total. The van der Waals surface area contributed by atoms with Crippen molar-refractivity contribution in [3.8, 4) is 11.4 Å². The first-order valence-corrected chi connectivity index (χ1v) is 12.4. The summed E-state index contributed by atoms with van der Waals surface area (Å²) in [5.74, 6) is -2.15. The summed E-state index contributed by atoms with van der Waals surface area (Å²) >= 11 is 0. The summed E-state index contributed by atoms with van der Waals surface area (Å²) in [6.07, 6.45) is -1.35. The van der Waals surface area contributed by atoms with Gasteiger partial charge in [-0.25, -0.2) is 14.2 Å². The highest BCUT2D eigenvalue weighted by Crippen LogP contribution is 2.47. The maximum absolute atomic E-state index is 15.0. The summed E-state index contributed by atoms with van der Waals surface area (Å²) in [4.78, 5) is 44.7. The second kappa shape index (κ2) is 8.16. The second-order valence-corrected chi connectivity index (χ2v) is 10.2. The van der Waals surface area contributed by atoms with Crippen molar-refractivity contribution >= 4 is 22.8 Å². The highest BCUT2D eigenvalue weighted by Gasteiger charge is 2.46. The highest BCUT2D eigenvalue weighted by molar-refractivity contribution is 5.94. The summed E-state index contributed by atoms with van der Waals surface area (Å²) in [6, 6.07) is 2.31. The first-order chi connectivity index (χ1) is 18.0. The molecule has 0 saturated carbocycles. The number of rotatable bonds is 3. The largest absolute Gasteiger partial charge is 0.458 e. The molecule has 38 heavy (non-hydrogen) atoms. The normalized spacial score (nSPS) is 21.3. The van der Waals surface area contributed by atoms with Crippen LogP contribution in [0.5, 0.6) is 0 Å². The number of benzene rings is 1. The molecule has 2 aromatic heterocycles. The Balaban J connectivity index is 1.67. The minimum Gasteiger partial charge on any atom is -0.458 e. The van der Waals surface area contributed by atoms with Gasteiger partial charge in [0.1, 0.15) is 12.4 Å². The fraction of sp³-hybridized carbons (Fsp3) is 0.407. The number of carbonyl (C=O) groups excluding carboxylic acids is 2. The van der Waals surface area contributed by atoms with E-state index in [1.807, 2.05) is 0 Å². The number of esters is 1.